The molecule has 0 atom stereocenters. The molecule has 0 amide bonds. The normalized spacial score (nSPS) is 10.2. The Balaban J connectivity index is 1.94. The molecular formula is C13H14BrNOS. The van der Waals surface area contributed by atoms with Crippen LogP contribution in [0.15, 0.2) is 40.2 Å². The fourth-order valence-corrected chi connectivity index (χ4v) is 2.64. The van der Waals surface area contributed by atoms with Crippen molar-refractivity contribution in [2.75, 3.05) is 19.0 Å². The van der Waals surface area contributed by atoms with Crippen LogP contribution < -0.4 is 10.1 Å². The maximum absolute atomic E-state index is 5.20. The predicted octanol–water partition coefficient (Wildman–Crippen LogP) is 4.17. The number of anilines is 1. The molecule has 0 saturated carbocycles. The minimum absolute atomic E-state index is 0.867. The molecule has 0 aliphatic heterocycles. The lowest BCUT2D eigenvalue weighted by molar-refractivity contribution is 0.415. The topological polar surface area (TPSA) is 21.3 Å². The molecule has 90 valence electrons. The van der Waals surface area contributed by atoms with E-state index in [-0.39, 0.29) is 0 Å². The molecule has 17 heavy (non-hydrogen) atoms. The van der Waals surface area contributed by atoms with Gasteiger partial charge in [0.2, 0.25) is 0 Å². The van der Waals surface area contributed by atoms with Crippen molar-refractivity contribution in [2.24, 2.45) is 0 Å². The highest BCUT2D eigenvalue weighted by Crippen LogP contribution is 2.27. The van der Waals surface area contributed by atoms with Crippen LogP contribution in [0.5, 0.6) is 5.75 Å². The Kier molecular flexibility index (Phi) is 4.45. The molecule has 2 aromatic rings. The van der Waals surface area contributed by atoms with Crippen molar-refractivity contribution in [3.05, 3.63) is 45.1 Å². The molecular weight excluding hydrogens is 298 g/mol. The zero-order valence-electron chi connectivity index (χ0n) is 9.57. The number of hydrogen-bond donors (Lipinski definition) is 1. The van der Waals surface area contributed by atoms with E-state index in [0.717, 1.165) is 28.9 Å². The molecule has 4 heteroatoms. The summed E-state index contributed by atoms with van der Waals surface area (Å²) < 4.78 is 6.26. The van der Waals surface area contributed by atoms with Crippen molar-refractivity contribution in [1.82, 2.24) is 0 Å². The molecule has 0 fully saturated rings. The van der Waals surface area contributed by atoms with E-state index in [1.807, 2.05) is 18.2 Å². The van der Waals surface area contributed by atoms with Crippen LogP contribution >= 0.6 is 27.3 Å². The van der Waals surface area contributed by atoms with E-state index < -0.39 is 0 Å². The van der Waals surface area contributed by atoms with Crippen LogP contribution in [0.25, 0.3) is 0 Å². The van der Waals surface area contributed by atoms with Crippen LogP contribution in [0.4, 0.5) is 5.69 Å². The zero-order valence-corrected chi connectivity index (χ0v) is 12.0. The first kappa shape index (κ1) is 12.5. The highest BCUT2D eigenvalue weighted by atomic mass is 79.9. The summed E-state index contributed by atoms with van der Waals surface area (Å²) in [5.74, 6) is 0.867. The van der Waals surface area contributed by atoms with Gasteiger partial charge in [0, 0.05) is 22.0 Å². The second-order valence-electron chi connectivity index (χ2n) is 3.60. The summed E-state index contributed by atoms with van der Waals surface area (Å²) in [4.78, 5) is 1.40. The van der Waals surface area contributed by atoms with Crippen molar-refractivity contribution in [2.45, 2.75) is 6.42 Å². The number of benzene rings is 1. The molecule has 0 spiro atoms. The quantitative estimate of drug-likeness (QED) is 0.894. The van der Waals surface area contributed by atoms with Crippen molar-refractivity contribution < 1.29 is 4.74 Å². The van der Waals surface area contributed by atoms with Crippen molar-refractivity contribution in [3.63, 3.8) is 0 Å². The Bertz CT molecular complexity index is 470. The van der Waals surface area contributed by atoms with Gasteiger partial charge < -0.3 is 10.1 Å². The van der Waals surface area contributed by atoms with Gasteiger partial charge in [-0.2, -0.15) is 0 Å². The van der Waals surface area contributed by atoms with Gasteiger partial charge in [-0.3, -0.25) is 0 Å². The Labute approximate surface area is 114 Å². The van der Waals surface area contributed by atoms with Crippen LogP contribution in [0.2, 0.25) is 0 Å². The minimum atomic E-state index is 0.867. The maximum Gasteiger partial charge on any atom is 0.121 e. The highest BCUT2D eigenvalue weighted by molar-refractivity contribution is 9.10. The molecule has 1 aromatic carbocycles. The summed E-state index contributed by atoms with van der Waals surface area (Å²) >= 11 is 5.32. The first-order valence-electron chi connectivity index (χ1n) is 5.39. The number of methoxy groups -OCH3 is 1. The fraction of sp³-hybridized carbons (Fsp3) is 0.231. The molecule has 0 unspecified atom stereocenters. The Morgan fingerprint density at radius 3 is 2.94 bits per heavy atom. The van der Waals surface area contributed by atoms with E-state index in [9.17, 15) is 0 Å². The fourth-order valence-electron chi connectivity index (χ4n) is 1.54. The van der Waals surface area contributed by atoms with Gasteiger partial charge in [0.15, 0.2) is 0 Å². The predicted molar refractivity (Wildman–Crippen MR) is 77.2 cm³/mol. The lowest BCUT2D eigenvalue weighted by Gasteiger charge is -2.09. The number of hydrogen-bond acceptors (Lipinski definition) is 3. The van der Waals surface area contributed by atoms with Gasteiger partial charge in [0.05, 0.1) is 12.8 Å². The summed E-state index contributed by atoms with van der Waals surface area (Å²) in [6, 6.07) is 10.2. The average Bonchev–Trinajstić information content (AvgIpc) is 2.84. The summed E-state index contributed by atoms with van der Waals surface area (Å²) in [7, 11) is 1.68. The Hall–Kier alpha value is -1.00. The monoisotopic (exact) mass is 311 g/mol. The molecule has 1 aromatic heterocycles. The second kappa shape index (κ2) is 6.07. The van der Waals surface area contributed by atoms with E-state index in [1.165, 1.54) is 4.88 Å². The van der Waals surface area contributed by atoms with E-state index in [4.69, 9.17) is 4.74 Å². The number of rotatable bonds is 5. The first-order valence-corrected chi connectivity index (χ1v) is 7.06. The second-order valence-corrected chi connectivity index (χ2v) is 5.49. The van der Waals surface area contributed by atoms with E-state index in [2.05, 4.69) is 38.8 Å². The summed E-state index contributed by atoms with van der Waals surface area (Å²) in [6.45, 7) is 0.923. The third-order valence-corrected chi connectivity index (χ3v) is 4.07. The molecule has 1 N–H and O–H groups in total. The van der Waals surface area contributed by atoms with Crippen molar-refractivity contribution in [3.8, 4) is 5.75 Å². The van der Waals surface area contributed by atoms with Gasteiger partial charge in [-0.05, 0) is 45.9 Å². The molecule has 0 bridgehead atoms. The standard InChI is InChI=1S/C13H14BrNOS/c1-16-10-4-5-12(14)13(9-10)15-7-6-11-3-2-8-17-11/h2-5,8-9,15H,6-7H2,1H3. The summed E-state index contributed by atoms with van der Waals surface area (Å²) in [6.07, 6.45) is 1.04. The van der Waals surface area contributed by atoms with Crippen LogP contribution in [0, 0.1) is 0 Å². The molecule has 0 saturated heterocycles. The van der Waals surface area contributed by atoms with Crippen molar-refractivity contribution in [1.29, 1.82) is 0 Å². The lowest BCUT2D eigenvalue weighted by atomic mass is 10.3. The van der Waals surface area contributed by atoms with Crippen LogP contribution in [-0.2, 0) is 6.42 Å². The third kappa shape index (κ3) is 3.48. The van der Waals surface area contributed by atoms with Crippen LogP contribution in [0.1, 0.15) is 4.88 Å². The number of thiophene rings is 1. The highest BCUT2D eigenvalue weighted by Gasteiger charge is 2.01. The average molecular weight is 312 g/mol. The van der Waals surface area contributed by atoms with Crippen LogP contribution in [-0.4, -0.2) is 13.7 Å². The molecule has 0 aliphatic rings. The number of ether oxygens (including phenoxy) is 1. The maximum atomic E-state index is 5.20. The molecule has 0 radical (unpaired) electrons. The molecule has 0 aliphatic carbocycles. The molecule has 2 rings (SSSR count). The van der Waals surface area contributed by atoms with Gasteiger partial charge in [-0.1, -0.05) is 6.07 Å². The third-order valence-electron chi connectivity index (χ3n) is 2.44. The largest absolute Gasteiger partial charge is 0.497 e. The van der Waals surface area contributed by atoms with E-state index in [0.29, 0.717) is 0 Å². The minimum Gasteiger partial charge on any atom is -0.497 e. The lowest BCUT2D eigenvalue weighted by Crippen LogP contribution is -2.04. The zero-order chi connectivity index (χ0) is 12.1. The van der Waals surface area contributed by atoms with E-state index >= 15 is 0 Å². The van der Waals surface area contributed by atoms with Gasteiger partial charge in [-0.15, -0.1) is 11.3 Å². The summed E-state index contributed by atoms with van der Waals surface area (Å²) in [5.41, 5.74) is 1.07. The Morgan fingerprint density at radius 2 is 2.24 bits per heavy atom. The van der Waals surface area contributed by atoms with Crippen LogP contribution in [0.3, 0.4) is 0 Å². The first-order chi connectivity index (χ1) is 8.29. The van der Waals surface area contributed by atoms with Gasteiger partial charge in [0.1, 0.15) is 5.75 Å². The van der Waals surface area contributed by atoms with E-state index in [1.54, 1.807) is 18.4 Å². The Morgan fingerprint density at radius 1 is 1.35 bits per heavy atom. The van der Waals surface area contributed by atoms with Gasteiger partial charge in [-0.25, -0.2) is 0 Å². The smallest absolute Gasteiger partial charge is 0.121 e. The molecule has 2 nitrogen and oxygen atoms in total. The molecule has 1 heterocycles. The number of nitrogens with one attached hydrogen (secondary N) is 1. The van der Waals surface area contributed by atoms with Gasteiger partial charge >= 0.3 is 0 Å². The number of halogens is 1. The summed E-state index contributed by atoms with van der Waals surface area (Å²) in [5, 5.41) is 5.51. The SMILES string of the molecule is COc1ccc(Br)c(NCCc2cccs2)c1. The van der Waals surface area contributed by atoms with Gasteiger partial charge in [0.25, 0.3) is 0 Å². The van der Waals surface area contributed by atoms with Crippen molar-refractivity contribution >= 4 is 33.0 Å².